The van der Waals surface area contributed by atoms with Crippen LogP contribution in [0.3, 0.4) is 0 Å². The zero-order chi connectivity index (χ0) is 24.6. The molecular weight excluding hydrogens is 404 g/mol. The minimum absolute atomic E-state index is 0.0524. The van der Waals surface area contributed by atoms with Gasteiger partial charge in [-0.25, -0.2) is 0 Å². The lowest BCUT2D eigenvalue weighted by molar-refractivity contribution is -0.114. The van der Waals surface area contributed by atoms with Crippen molar-refractivity contribution in [2.75, 3.05) is 0 Å². The molecule has 0 unspecified atom stereocenters. The molecule has 0 aromatic carbocycles. The first-order valence-electron chi connectivity index (χ1n) is 12.4. The summed E-state index contributed by atoms with van der Waals surface area (Å²) in [6.07, 6.45) is 25.0. The summed E-state index contributed by atoms with van der Waals surface area (Å²) in [6, 6.07) is 0. The molecule has 0 aliphatic heterocycles. The van der Waals surface area contributed by atoms with E-state index in [1.54, 1.807) is 0 Å². The third-order valence-electron chi connectivity index (χ3n) is 5.89. The Morgan fingerprint density at radius 1 is 0.606 bits per heavy atom. The van der Waals surface area contributed by atoms with Gasteiger partial charge in [0.05, 0.1) is 0 Å². The van der Waals surface area contributed by atoms with Gasteiger partial charge in [0.25, 0.3) is 0 Å². The maximum Gasteiger partial charge on any atom is 0.182 e. The van der Waals surface area contributed by atoms with Gasteiger partial charge in [0.2, 0.25) is 0 Å². The van der Waals surface area contributed by atoms with Crippen molar-refractivity contribution in [1.82, 2.24) is 0 Å². The van der Waals surface area contributed by atoms with E-state index in [-0.39, 0.29) is 11.6 Å². The van der Waals surface area contributed by atoms with Crippen LogP contribution in [0.25, 0.3) is 0 Å². The normalized spacial score (nSPS) is 15.8. The molecule has 0 saturated carbocycles. The first-order chi connectivity index (χ1) is 15.7. The molecule has 180 valence electrons. The van der Waals surface area contributed by atoms with E-state index in [2.05, 4.69) is 71.9 Å². The van der Waals surface area contributed by atoms with Gasteiger partial charge in [0.1, 0.15) is 0 Å². The van der Waals surface area contributed by atoms with Crippen LogP contribution in [0, 0.1) is 0 Å². The van der Waals surface area contributed by atoms with Gasteiger partial charge in [-0.1, -0.05) is 58.2 Å². The van der Waals surface area contributed by atoms with Crippen molar-refractivity contribution in [1.29, 1.82) is 0 Å². The predicted molar refractivity (Wildman–Crippen MR) is 143 cm³/mol. The fourth-order valence-electron chi connectivity index (χ4n) is 3.64. The molecule has 0 aromatic rings. The van der Waals surface area contributed by atoms with Crippen LogP contribution in [0.2, 0.25) is 0 Å². The van der Waals surface area contributed by atoms with E-state index in [4.69, 9.17) is 0 Å². The smallest absolute Gasteiger partial charge is 0.182 e. The SMILES string of the molecule is CC(C)=CCC/C(C)=C/CC/C(C)=C/CC/C(C)=C/CC/C(C)=C/CC1=CC(=O)C=CC1=O. The van der Waals surface area contributed by atoms with Crippen LogP contribution in [0.15, 0.2) is 82.0 Å². The summed E-state index contributed by atoms with van der Waals surface area (Å²) in [7, 11) is 0. The van der Waals surface area contributed by atoms with Crippen molar-refractivity contribution in [3.8, 4) is 0 Å². The number of carbonyl (C=O) groups is 2. The molecule has 0 saturated heterocycles. The summed E-state index contributed by atoms with van der Waals surface area (Å²) < 4.78 is 0. The number of rotatable bonds is 14. The highest BCUT2D eigenvalue weighted by atomic mass is 16.1. The van der Waals surface area contributed by atoms with Crippen molar-refractivity contribution in [3.05, 3.63) is 82.0 Å². The Morgan fingerprint density at radius 3 is 1.48 bits per heavy atom. The number of hydrogen-bond acceptors (Lipinski definition) is 2. The van der Waals surface area contributed by atoms with Crippen molar-refractivity contribution >= 4 is 11.6 Å². The quantitative estimate of drug-likeness (QED) is 0.196. The topological polar surface area (TPSA) is 34.1 Å². The van der Waals surface area contributed by atoms with Crippen molar-refractivity contribution in [2.45, 2.75) is 99.3 Å². The first-order valence-corrected chi connectivity index (χ1v) is 12.4. The third-order valence-corrected chi connectivity index (χ3v) is 5.89. The summed E-state index contributed by atoms with van der Waals surface area (Å²) >= 11 is 0. The Hall–Kier alpha value is -2.48. The van der Waals surface area contributed by atoms with Crippen LogP contribution in [0.1, 0.15) is 99.3 Å². The summed E-state index contributed by atoms with van der Waals surface area (Å²) in [5.41, 5.74) is 7.66. The molecule has 0 spiro atoms. The van der Waals surface area contributed by atoms with Gasteiger partial charge in [-0.3, -0.25) is 9.59 Å². The van der Waals surface area contributed by atoms with Crippen LogP contribution in [0.4, 0.5) is 0 Å². The summed E-state index contributed by atoms with van der Waals surface area (Å²) in [4.78, 5) is 23.2. The molecular formula is C31H44O2. The Morgan fingerprint density at radius 2 is 1.03 bits per heavy atom. The maximum atomic E-state index is 11.8. The van der Waals surface area contributed by atoms with E-state index in [9.17, 15) is 9.59 Å². The zero-order valence-corrected chi connectivity index (χ0v) is 21.8. The summed E-state index contributed by atoms with van der Waals surface area (Å²) in [5.74, 6) is -0.149. The zero-order valence-electron chi connectivity index (χ0n) is 21.8. The molecule has 0 radical (unpaired) electrons. The van der Waals surface area contributed by atoms with E-state index in [1.807, 2.05) is 0 Å². The van der Waals surface area contributed by atoms with E-state index in [0.29, 0.717) is 12.0 Å². The first kappa shape index (κ1) is 28.6. The average molecular weight is 449 g/mol. The van der Waals surface area contributed by atoms with Gasteiger partial charge < -0.3 is 0 Å². The summed E-state index contributed by atoms with van der Waals surface area (Å²) in [5, 5.41) is 0. The lowest BCUT2D eigenvalue weighted by Gasteiger charge is -2.05. The number of allylic oxidation sites excluding steroid dienone is 14. The number of ketones is 2. The van der Waals surface area contributed by atoms with Crippen molar-refractivity contribution in [2.24, 2.45) is 0 Å². The highest BCUT2D eigenvalue weighted by molar-refractivity contribution is 6.17. The molecule has 1 aliphatic rings. The minimum Gasteiger partial charge on any atom is -0.290 e. The van der Waals surface area contributed by atoms with Gasteiger partial charge in [-0.05, 0) is 118 Å². The van der Waals surface area contributed by atoms with Gasteiger partial charge in [-0.2, -0.15) is 0 Å². The predicted octanol–water partition coefficient (Wildman–Crippen LogP) is 8.88. The van der Waals surface area contributed by atoms with Crippen molar-refractivity contribution in [3.63, 3.8) is 0 Å². The lowest BCUT2D eigenvalue weighted by Crippen LogP contribution is -2.06. The van der Waals surface area contributed by atoms with Gasteiger partial charge in [0.15, 0.2) is 11.6 Å². The monoisotopic (exact) mass is 448 g/mol. The fraction of sp³-hybridized carbons (Fsp3) is 0.484. The highest BCUT2D eigenvalue weighted by Gasteiger charge is 2.11. The van der Waals surface area contributed by atoms with Gasteiger partial charge in [0, 0.05) is 5.57 Å². The van der Waals surface area contributed by atoms with E-state index in [1.165, 1.54) is 52.5 Å². The minimum atomic E-state index is -0.0970. The molecule has 0 bridgehead atoms. The van der Waals surface area contributed by atoms with Crippen LogP contribution >= 0.6 is 0 Å². The fourth-order valence-corrected chi connectivity index (χ4v) is 3.64. The second kappa shape index (κ2) is 16.2. The average Bonchev–Trinajstić information content (AvgIpc) is 2.74. The maximum absolute atomic E-state index is 11.8. The second-order valence-corrected chi connectivity index (χ2v) is 9.61. The number of carbonyl (C=O) groups excluding carboxylic acids is 2. The molecule has 0 aromatic heterocycles. The molecule has 0 atom stereocenters. The number of hydrogen-bond donors (Lipinski definition) is 0. The Kier molecular flexibility index (Phi) is 14.0. The Bertz CT molecular complexity index is 878. The van der Waals surface area contributed by atoms with Crippen LogP contribution in [-0.4, -0.2) is 11.6 Å². The molecule has 1 rings (SSSR count). The van der Waals surface area contributed by atoms with Crippen LogP contribution in [0.5, 0.6) is 0 Å². The summed E-state index contributed by atoms with van der Waals surface area (Å²) in [6.45, 7) is 13.1. The molecule has 1 aliphatic carbocycles. The molecule has 0 heterocycles. The molecule has 0 amide bonds. The highest BCUT2D eigenvalue weighted by Crippen LogP contribution is 2.16. The van der Waals surface area contributed by atoms with Crippen LogP contribution < -0.4 is 0 Å². The largest absolute Gasteiger partial charge is 0.290 e. The standard InChI is InChI=1S/C31H44O2/c1-24(2)11-7-12-25(3)13-8-14-26(4)15-9-16-27(5)17-10-18-28(6)19-20-29-23-30(32)21-22-31(29)33/h11,13,15,17,19,21-23H,7-10,12,14,16,18,20H2,1-6H3/b25-13+,26-15+,27-17+,28-19+. The van der Waals surface area contributed by atoms with Crippen LogP contribution in [-0.2, 0) is 9.59 Å². The van der Waals surface area contributed by atoms with E-state index >= 15 is 0 Å². The van der Waals surface area contributed by atoms with Gasteiger partial charge in [-0.15, -0.1) is 0 Å². The molecule has 33 heavy (non-hydrogen) atoms. The Balaban J connectivity index is 2.28. The molecule has 0 N–H and O–H groups in total. The molecule has 2 heteroatoms. The van der Waals surface area contributed by atoms with E-state index in [0.717, 1.165) is 44.9 Å². The lowest BCUT2D eigenvalue weighted by atomic mass is 9.98. The third kappa shape index (κ3) is 14.3. The van der Waals surface area contributed by atoms with Crippen molar-refractivity contribution < 1.29 is 9.59 Å². The Labute approximate surface area is 202 Å². The van der Waals surface area contributed by atoms with Gasteiger partial charge >= 0.3 is 0 Å². The van der Waals surface area contributed by atoms with E-state index < -0.39 is 0 Å². The molecule has 2 nitrogen and oxygen atoms in total. The second-order valence-electron chi connectivity index (χ2n) is 9.61. The molecule has 0 fully saturated rings.